The number of aromatic nitrogens is 5. The normalized spacial score (nSPS) is 11.0. The number of hydrogen-bond donors (Lipinski definition) is 2. The Bertz CT molecular complexity index is 853. The fraction of sp³-hybridized carbons (Fsp3) is 0.182. The van der Waals surface area contributed by atoms with Crippen molar-refractivity contribution >= 4 is 34.8 Å². The van der Waals surface area contributed by atoms with E-state index in [2.05, 4.69) is 20.1 Å². The number of thioether (sulfide) groups is 1. The Kier molecular flexibility index (Phi) is 3.71. The second-order valence-corrected chi connectivity index (χ2v) is 6.15. The molecule has 0 atom stereocenters. The lowest BCUT2D eigenvalue weighted by molar-refractivity contribution is -0.136. The number of fused-ring (bicyclic) bond motifs is 1. The second kappa shape index (κ2) is 5.66. The number of hydrogen-bond acceptors (Lipinski definition) is 7. The van der Waals surface area contributed by atoms with Gasteiger partial charge in [0.05, 0.1) is 17.8 Å². The van der Waals surface area contributed by atoms with Gasteiger partial charge in [0.25, 0.3) is 11.3 Å². The molecule has 0 aliphatic rings. The lowest BCUT2D eigenvalue weighted by Crippen LogP contribution is -2.15. The van der Waals surface area contributed by atoms with E-state index in [9.17, 15) is 9.59 Å². The molecule has 3 aromatic rings. The molecule has 3 rings (SSSR count). The van der Waals surface area contributed by atoms with Crippen molar-refractivity contribution in [2.24, 2.45) is 0 Å². The summed E-state index contributed by atoms with van der Waals surface area (Å²) in [4.78, 5) is 34.8. The van der Waals surface area contributed by atoms with Crippen molar-refractivity contribution in [1.29, 1.82) is 0 Å². The molecule has 0 saturated heterocycles. The van der Waals surface area contributed by atoms with Gasteiger partial charge in [-0.05, 0) is 0 Å². The van der Waals surface area contributed by atoms with Crippen LogP contribution in [0.1, 0.15) is 11.4 Å². The summed E-state index contributed by atoms with van der Waals surface area (Å²) in [6.45, 7) is 0. The summed E-state index contributed by atoms with van der Waals surface area (Å²) in [6.07, 6.45) is 1.32. The van der Waals surface area contributed by atoms with E-state index in [0.717, 1.165) is 4.34 Å². The topological polar surface area (TPSA) is 113 Å². The zero-order valence-corrected chi connectivity index (χ0v) is 12.1. The third-order valence-corrected chi connectivity index (χ3v) is 4.63. The van der Waals surface area contributed by atoms with Gasteiger partial charge in [-0.1, -0.05) is 11.8 Å². The summed E-state index contributed by atoms with van der Waals surface area (Å²) < 4.78 is 2.00. The minimum atomic E-state index is -0.907. The minimum absolute atomic E-state index is 0.0874. The van der Waals surface area contributed by atoms with Crippen LogP contribution in [0.5, 0.6) is 0 Å². The Balaban J connectivity index is 1.72. The maximum Gasteiger partial charge on any atom is 0.309 e. The molecule has 0 aliphatic heterocycles. The molecule has 0 aliphatic carbocycles. The lowest BCUT2D eigenvalue weighted by atomic mass is 10.3. The molecule has 0 aromatic carbocycles. The molecular weight excluding hydrogens is 314 g/mol. The summed E-state index contributed by atoms with van der Waals surface area (Å²) in [6, 6.07) is 1.43. The number of nitrogens with zero attached hydrogens (tertiary/aromatic N) is 4. The average molecular weight is 323 g/mol. The molecule has 21 heavy (non-hydrogen) atoms. The van der Waals surface area contributed by atoms with Crippen molar-refractivity contribution in [1.82, 2.24) is 24.6 Å². The van der Waals surface area contributed by atoms with Crippen LogP contribution in [0, 0.1) is 0 Å². The first-order valence-electron chi connectivity index (χ1n) is 5.83. The number of aromatic amines is 1. The van der Waals surface area contributed by atoms with E-state index in [1.165, 1.54) is 40.0 Å². The highest BCUT2D eigenvalue weighted by Crippen LogP contribution is 2.25. The molecule has 3 heterocycles. The van der Waals surface area contributed by atoms with E-state index in [-0.39, 0.29) is 12.0 Å². The number of carboxylic acids is 1. The van der Waals surface area contributed by atoms with Gasteiger partial charge in [0.2, 0.25) is 0 Å². The van der Waals surface area contributed by atoms with Crippen molar-refractivity contribution in [3.8, 4) is 0 Å². The van der Waals surface area contributed by atoms with E-state index in [1.54, 1.807) is 5.38 Å². The number of carbonyl (C=O) groups is 1. The quantitative estimate of drug-likeness (QED) is 0.667. The van der Waals surface area contributed by atoms with Crippen molar-refractivity contribution in [2.45, 2.75) is 16.5 Å². The monoisotopic (exact) mass is 323 g/mol. The van der Waals surface area contributed by atoms with Crippen LogP contribution in [-0.4, -0.2) is 35.6 Å². The Morgan fingerprint density at radius 2 is 2.29 bits per heavy atom. The zero-order valence-electron chi connectivity index (χ0n) is 10.5. The smallest absolute Gasteiger partial charge is 0.309 e. The maximum atomic E-state index is 11.8. The van der Waals surface area contributed by atoms with Gasteiger partial charge in [-0.25, -0.2) is 15.0 Å². The summed E-state index contributed by atoms with van der Waals surface area (Å²) in [5, 5.41) is 13.1. The van der Waals surface area contributed by atoms with E-state index in [4.69, 9.17) is 5.11 Å². The van der Waals surface area contributed by atoms with Gasteiger partial charge < -0.3 is 5.11 Å². The highest BCUT2D eigenvalue weighted by molar-refractivity contribution is 8.00. The molecule has 0 fully saturated rings. The summed E-state index contributed by atoms with van der Waals surface area (Å²) in [5.41, 5.74) is 0.914. The number of thiazole rings is 1. The van der Waals surface area contributed by atoms with Crippen LogP contribution in [0.15, 0.2) is 26.9 Å². The Labute approximate surface area is 125 Å². The molecule has 8 nitrogen and oxygen atoms in total. The second-order valence-electron chi connectivity index (χ2n) is 4.07. The first-order valence-corrected chi connectivity index (χ1v) is 7.69. The molecule has 0 saturated carbocycles. The molecule has 10 heteroatoms. The largest absolute Gasteiger partial charge is 0.481 e. The summed E-state index contributed by atoms with van der Waals surface area (Å²) >= 11 is 2.78. The predicted molar refractivity (Wildman–Crippen MR) is 76.6 cm³/mol. The van der Waals surface area contributed by atoms with Crippen LogP contribution in [0.2, 0.25) is 0 Å². The van der Waals surface area contributed by atoms with E-state index in [1.807, 2.05) is 0 Å². The van der Waals surface area contributed by atoms with E-state index >= 15 is 0 Å². The standard InChI is InChI=1S/C11H9N5O3S2/c17-8-1-6(14-10-12-5-13-16(8)10)3-20-11-15-7(4-21-11)2-9(18)19/h1,4-5H,2-3H2,(H,18,19)(H,12,13,14). The minimum Gasteiger partial charge on any atom is -0.481 e. The Morgan fingerprint density at radius 1 is 1.43 bits per heavy atom. The van der Waals surface area contributed by atoms with Crippen molar-refractivity contribution in [2.75, 3.05) is 0 Å². The number of aliphatic carboxylic acids is 1. The fourth-order valence-electron chi connectivity index (χ4n) is 1.67. The molecular formula is C11H9N5O3S2. The SMILES string of the molecule is O=C(O)Cc1csc(SCc2cc(=O)n3[nH]cnc3n2)n1. The fourth-order valence-corrected chi connectivity index (χ4v) is 3.41. The van der Waals surface area contributed by atoms with Gasteiger partial charge in [-0.3, -0.25) is 14.7 Å². The van der Waals surface area contributed by atoms with Crippen molar-refractivity contribution in [3.63, 3.8) is 0 Å². The summed E-state index contributed by atoms with van der Waals surface area (Å²) in [5.74, 6) is -0.113. The molecule has 2 N–H and O–H groups in total. The number of nitrogens with one attached hydrogen (secondary N) is 1. The van der Waals surface area contributed by atoms with Gasteiger partial charge in [0.15, 0.2) is 4.34 Å². The molecule has 0 unspecified atom stereocenters. The highest BCUT2D eigenvalue weighted by atomic mass is 32.2. The van der Waals surface area contributed by atoms with Crippen LogP contribution in [0.4, 0.5) is 0 Å². The van der Waals surface area contributed by atoms with Crippen molar-refractivity contribution in [3.05, 3.63) is 39.5 Å². The highest BCUT2D eigenvalue weighted by Gasteiger charge is 2.09. The maximum absolute atomic E-state index is 11.8. The molecule has 3 aromatic heterocycles. The van der Waals surface area contributed by atoms with Crippen LogP contribution >= 0.6 is 23.1 Å². The number of rotatable bonds is 5. The van der Waals surface area contributed by atoms with Gasteiger partial charge in [0.1, 0.15) is 6.33 Å². The Morgan fingerprint density at radius 3 is 3.10 bits per heavy atom. The van der Waals surface area contributed by atoms with Crippen LogP contribution in [0.25, 0.3) is 5.78 Å². The third-order valence-electron chi connectivity index (χ3n) is 2.53. The van der Waals surface area contributed by atoms with Gasteiger partial charge in [0, 0.05) is 17.2 Å². The number of H-pyrrole nitrogens is 1. The van der Waals surface area contributed by atoms with Crippen LogP contribution in [-0.2, 0) is 17.0 Å². The first kappa shape index (κ1) is 13.8. The number of carboxylic acid groups (broad SMARTS) is 1. The summed E-state index contributed by atoms with van der Waals surface area (Å²) in [7, 11) is 0. The average Bonchev–Trinajstić information content (AvgIpc) is 3.04. The zero-order chi connectivity index (χ0) is 14.8. The van der Waals surface area contributed by atoms with Crippen LogP contribution in [0.3, 0.4) is 0 Å². The van der Waals surface area contributed by atoms with Gasteiger partial charge >= 0.3 is 5.97 Å². The Hall–Kier alpha value is -2.20. The lowest BCUT2D eigenvalue weighted by Gasteiger charge is -1.98. The van der Waals surface area contributed by atoms with Crippen LogP contribution < -0.4 is 5.56 Å². The third kappa shape index (κ3) is 3.11. The molecule has 0 amide bonds. The van der Waals surface area contributed by atoms with E-state index < -0.39 is 5.97 Å². The molecule has 108 valence electrons. The molecule has 0 bridgehead atoms. The van der Waals surface area contributed by atoms with Gasteiger partial charge in [-0.15, -0.1) is 11.3 Å². The van der Waals surface area contributed by atoms with Gasteiger partial charge in [-0.2, -0.15) is 4.52 Å². The molecule has 0 radical (unpaired) electrons. The first-order chi connectivity index (χ1) is 10.1. The predicted octanol–water partition coefficient (Wildman–Crippen LogP) is 0.794. The molecule has 0 spiro atoms. The van der Waals surface area contributed by atoms with E-state index in [0.29, 0.717) is 22.9 Å². The van der Waals surface area contributed by atoms with Crippen molar-refractivity contribution < 1.29 is 9.90 Å².